The van der Waals surface area contributed by atoms with E-state index in [9.17, 15) is 17.9 Å². The molecule has 0 fully saturated rings. The van der Waals surface area contributed by atoms with Crippen molar-refractivity contribution in [1.29, 1.82) is 0 Å². The summed E-state index contributed by atoms with van der Waals surface area (Å²) in [7, 11) is -2.43. The fraction of sp³-hybridized carbons (Fsp3) is 0.308. The number of benzene rings is 1. The molecular formula is C13H16FN3O3S. The Morgan fingerprint density at radius 2 is 2.14 bits per heavy atom. The highest BCUT2D eigenvalue weighted by Gasteiger charge is 2.28. The van der Waals surface area contributed by atoms with Crippen molar-refractivity contribution in [3.63, 3.8) is 0 Å². The molecule has 2 N–H and O–H groups in total. The first-order valence-corrected chi connectivity index (χ1v) is 7.65. The number of nitrogens with zero attached hydrogens (tertiary/aromatic N) is 2. The van der Waals surface area contributed by atoms with E-state index in [0.29, 0.717) is 11.3 Å². The zero-order valence-electron chi connectivity index (χ0n) is 11.7. The Bertz CT molecular complexity index is 743. The molecule has 0 aliphatic carbocycles. The van der Waals surface area contributed by atoms with E-state index in [1.54, 1.807) is 13.0 Å². The van der Waals surface area contributed by atoms with Crippen molar-refractivity contribution in [2.45, 2.75) is 25.0 Å². The fourth-order valence-corrected chi connectivity index (χ4v) is 3.52. The second-order valence-corrected chi connectivity index (χ2v) is 6.66. The van der Waals surface area contributed by atoms with E-state index in [4.69, 9.17) is 0 Å². The van der Waals surface area contributed by atoms with Gasteiger partial charge in [-0.1, -0.05) is 12.1 Å². The Kier molecular flexibility index (Phi) is 4.40. The highest BCUT2D eigenvalue weighted by molar-refractivity contribution is 7.89. The molecular weight excluding hydrogens is 297 g/mol. The molecule has 8 heteroatoms. The Balaban J connectivity index is 2.33. The molecule has 0 amide bonds. The maximum Gasteiger partial charge on any atom is 0.246 e. The molecule has 0 saturated heterocycles. The van der Waals surface area contributed by atoms with Gasteiger partial charge in [0.05, 0.1) is 12.3 Å². The lowest BCUT2D eigenvalue weighted by Gasteiger charge is -2.17. The minimum atomic E-state index is -3.82. The predicted molar refractivity (Wildman–Crippen MR) is 74.3 cm³/mol. The first kappa shape index (κ1) is 15.6. The first-order chi connectivity index (χ1) is 9.86. The minimum Gasteiger partial charge on any atom is -0.390 e. The van der Waals surface area contributed by atoms with Crippen LogP contribution in [0.15, 0.2) is 29.2 Å². The predicted octanol–water partition coefficient (Wildman–Crippen LogP) is 1.17. The fourth-order valence-electron chi connectivity index (χ4n) is 2.05. The van der Waals surface area contributed by atoms with E-state index in [0.717, 1.165) is 4.31 Å². The standard InChI is InChI=1S/C13H16FN3O3S/c1-9-13(12(8-18)16-15-9)21(19,20)17(2)7-10-4-3-5-11(14)6-10/h3-6,18H,7-8H2,1-2H3,(H,15,16). The number of aliphatic hydroxyl groups excluding tert-OH is 1. The SMILES string of the molecule is Cc1[nH]nc(CO)c1S(=O)(=O)N(C)Cc1cccc(F)c1. The van der Waals surface area contributed by atoms with Crippen molar-refractivity contribution >= 4 is 10.0 Å². The number of hydrogen-bond acceptors (Lipinski definition) is 4. The lowest BCUT2D eigenvalue weighted by molar-refractivity contribution is 0.273. The monoisotopic (exact) mass is 313 g/mol. The van der Waals surface area contributed by atoms with Crippen LogP contribution in [-0.2, 0) is 23.2 Å². The molecule has 0 spiro atoms. The van der Waals surface area contributed by atoms with Gasteiger partial charge >= 0.3 is 0 Å². The van der Waals surface area contributed by atoms with Crippen LogP contribution in [0.1, 0.15) is 17.0 Å². The van der Waals surface area contributed by atoms with E-state index < -0.39 is 22.4 Å². The average Bonchev–Trinajstić information content (AvgIpc) is 2.80. The molecule has 6 nitrogen and oxygen atoms in total. The van der Waals surface area contributed by atoms with Gasteiger partial charge in [0.25, 0.3) is 0 Å². The third kappa shape index (κ3) is 3.12. The molecule has 0 bridgehead atoms. The van der Waals surface area contributed by atoms with E-state index in [2.05, 4.69) is 10.2 Å². The second kappa shape index (κ2) is 5.92. The molecule has 1 aromatic heterocycles. The van der Waals surface area contributed by atoms with Gasteiger partial charge in [-0.05, 0) is 24.6 Å². The van der Waals surface area contributed by atoms with Crippen molar-refractivity contribution in [2.24, 2.45) is 0 Å². The Morgan fingerprint density at radius 3 is 2.76 bits per heavy atom. The number of nitrogens with one attached hydrogen (secondary N) is 1. The highest BCUT2D eigenvalue weighted by Crippen LogP contribution is 2.22. The molecule has 1 aromatic carbocycles. The third-order valence-corrected chi connectivity index (χ3v) is 5.08. The molecule has 0 unspecified atom stereocenters. The number of sulfonamides is 1. The van der Waals surface area contributed by atoms with Crippen molar-refractivity contribution in [2.75, 3.05) is 7.05 Å². The molecule has 0 aliphatic rings. The van der Waals surface area contributed by atoms with Crippen LogP contribution >= 0.6 is 0 Å². The summed E-state index contributed by atoms with van der Waals surface area (Å²) in [5, 5.41) is 15.5. The second-order valence-electron chi connectivity index (χ2n) is 4.67. The van der Waals surface area contributed by atoms with Gasteiger partial charge in [-0.15, -0.1) is 0 Å². The number of aryl methyl sites for hydroxylation is 1. The molecule has 2 rings (SSSR count). The first-order valence-electron chi connectivity index (χ1n) is 6.21. The van der Waals surface area contributed by atoms with Gasteiger partial charge in [0.15, 0.2) is 0 Å². The third-order valence-electron chi connectivity index (χ3n) is 3.07. The van der Waals surface area contributed by atoms with Gasteiger partial charge in [-0.25, -0.2) is 12.8 Å². The zero-order chi connectivity index (χ0) is 15.6. The van der Waals surface area contributed by atoms with E-state index in [1.807, 2.05) is 0 Å². The van der Waals surface area contributed by atoms with Crippen molar-refractivity contribution < 1.29 is 17.9 Å². The van der Waals surface area contributed by atoms with Gasteiger partial charge in [-0.3, -0.25) is 5.10 Å². The average molecular weight is 313 g/mol. The molecule has 0 radical (unpaired) electrons. The molecule has 114 valence electrons. The lowest BCUT2D eigenvalue weighted by atomic mass is 10.2. The Hall–Kier alpha value is -1.77. The van der Waals surface area contributed by atoms with Crippen LogP contribution in [0.4, 0.5) is 4.39 Å². The van der Waals surface area contributed by atoms with Gasteiger partial charge in [0.2, 0.25) is 10.0 Å². The summed E-state index contributed by atoms with van der Waals surface area (Å²) in [5.41, 5.74) is 0.955. The molecule has 2 aromatic rings. The molecule has 0 saturated carbocycles. The van der Waals surface area contributed by atoms with Gasteiger partial charge in [-0.2, -0.15) is 9.40 Å². The van der Waals surface area contributed by atoms with Crippen LogP contribution in [0.2, 0.25) is 0 Å². The molecule has 21 heavy (non-hydrogen) atoms. The summed E-state index contributed by atoms with van der Waals surface area (Å²) in [6.07, 6.45) is 0. The molecule has 0 aliphatic heterocycles. The Morgan fingerprint density at radius 1 is 1.43 bits per heavy atom. The minimum absolute atomic E-state index is 0.0234. The maximum atomic E-state index is 13.2. The van der Waals surface area contributed by atoms with Crippen LogP contribution in [-0.4, -0.2) is 35.1 Å². The molecule has 1 heterocycles. The van der Waals surface area contributed by atoms with E-state index >= 15 is 0 Å². The number of halogens is 1. The quantitative estimate of drug-likeness (QED) is 0.867. The normalized spacial score (nSPS) is 12.0. The van der Waals surface area contributed by atoms with Crippen LogP contribution in [0, 0.1) is 12.7 Å². The zero-order valence-corrected chi connectivity index (χ0v) is 12.5. The van der Waals surface area contributed by atoms with Gasteiger partial charge < -0.3 is 5.11 Å². The van der Waals surface area contributed by atoms with Crippen LogP contribution in [0.3, 0.4) is 0 Å². The Labute approximate surface area is 122 Å². The van der Waals surface area contributed by atoms with Crippen LogP contribution < -0.4 is 0 Å². The van der Waals surface area contributed by atoms with Gasteiger partial charge in [0, 0.05) is 13.6 Å². The number of rotatable bonds is 5. The summed E-state index contributed by atoms with van der Waals surface area (Å²) in [4.78, 5) is -0.0381. The lowest BCUT2D eigenvalue weighted by Crippen LogP contribution is -2.27. The number of aliphatic hydroxyl groups is 1. The highest BCUT2D eigenvalue weighted by atomic mass is 32.2. The summed E-state index contributed by atoms with van der Waals surface area (Å²) in [6, 6.07) is 5.74. The number of hydrogen-bond donors (Lipinski definition) is 2. The maximum absolute atomic E-state index is 13.2. The van der Waals surface area contributed by atoms with Gasteiger partial charge in [0.1, 0.15) is 16.4 Å². The summed E-state index contributed by atoms with van der Waals surface area (Å²) in [6.45, 7) is 1.11. The van der Waals surface area contributed by atoms with Crippen molar-refractivity contribution in [3.05, 3.63) is 47.0 Å². The van der Waals surface area contributed by atoms with Crippen LogP contribution in [0.5, 0.6) is 0 Å². The number of aromatic nitrogens is 2. The smallest absolute Gasteiger partial charge is 0.246 e. The summed E-state index contributed by atoms with van der Waals surface area (Å²) < 4.78 is 39.3. The molecule has 0 atom stereocenters. The van der Waals surface area contributed by atoms with Crippen LogP contribution in [0.25, 0.3) is 0 Å². The number of aromatic amines is 1. The van der Waals surface area contributed by atoms with Crippen molar-refractivity contribution in [1.82, 2.24) is 14.5 Å². The van der Waals surface area contributed by atoms with Crippen molar-refractivity contribution in [3.8, 4) is 0 Å². The summed E-state index contributed by atoms with van der Waals surface area (Å²) >= 11 is 0. The van der Waals surface area contributed by atoms with E-state index in [-0.39, 0.29) is 17.1 Å². The number of H-pyrrole nitrogens is 1. The topological polar surface area (TPSA) is 86.3 Å². The van der Waals surface area contributed by atoms with E-state index in [1.165, 1.54) is 25.2 Å². The summed E-state index contributed by atoms with van der Waals surface area (Å²) in [5.74, 6) is -0.422. The largest absolute Gasteiger partial charge is 0.390 e.